The number of carboxylic acid groups (broad SMARTS) is 1. The molecule has 2 aromatic rings. The van der Waals surface area contributed by atoms with Crippen molar-refractivity contribution < 1.29 is 22.7 Å². The molecule has 1 heterocycles. The van der Waals surface area contributed by atoms with E-state index < -0.39 is 37.8 Å². The third-order valence-electron chi connectivity index (χ3n) is 2.51. The summed E-state index contributed by atoms with van der Waals surface area (Å²) in [6, 6.07) is 3.40. The van der Waals surface area contributed by atoms with Crippen LogP contribution in [0.1, 0.15) is 15.9 Å². The molecule has 0 aliphatic carbocycles. The number of carbonyl (C=O) groups is 1. The van der Waals surface area contributed by atoms with Gasteiger partial charge in [0.15, 0.2) is 15.7 Å². The Morgan fingerprint density at radius 1 is 1.40 bits per heavy atom. The molecule has 0 aliphatic heterocycles. The molecule has 0 bridgehead atoms. The minimum absolute atomic E-state index is 0.146. The second kappa shape index (κ2) is 5.51. The molecule has 0 radical (unpaired) electrons. The predicted molar refractivity (Wildman–Crippen MR) is 73.6 cm³/mol. The number of thiophene rings is 1. The molecule has 8 heteroatoms. The molecule has 0 fully saturated rings. The van der Waals surface area contributed by atoms with Gasteiger partial charge in [-0.3, -0.25) is 0 Å². The molecule has 0 aliphatic rings. The highest BCUT2D eigenvalue weighted by Gasteiger charge is 2.25. The van der Waals surface area contributed by atoms with E-state index in [1.54, 1.807) is 16.8 Å². The maximum absolute atomic E-state index is 14.0. The highest BCUT2D eigenvalue weighted by Crippen LogP contribution is 2.27. The van der Waals surface area contributed by atoms with E-state index in [1.165, 1.54) is 11.3 Å². The van der Waals surface area contributed by atoms with Crippen LogP contribution in [0.5, 0.6) is 0 Å². The van der Waals surface area contributed by atoms with E-state index in [0.29, 0.717) is 5.56 Å². The number of aromatic carboxylic acids is 1. The number of hydrogen-bond donors (Lipinski definition) is 1. The van der Waals surface area contributed by atoms with Crippen LogP contribution in [0.3, 0.4) is 0 Å². The Morgan fingerprint density at radius 3 is 2.65 bits per heavy atom. The molecule has 20 heavy (non-hydrogen) atoms. The summed E-state index contributed by atoms with van der Waals surface area (Å²) in [5.41, 5.74) is -0.257. The molecule has 1 aromatic heterocycles. The fourth-order valence-electron chi connectivity index (χ4n) is 1.62. The molecule has 106 valence electrons. The van der Waals surface area contributed by atoms with E-state index in [-0.39, 0.29) is 5.02 Å². The van der Waals surface area contributed by atoms with Crippen molar-refractivity contribution in [2.24, 2.45) is 0 Å². The Labute approximate surface area is 123 Å². The predicted octanol–water partition coefficient (Wildman–Crippen LogP) is 3.21. The van der Waals surface area contributed by atoms with E-state index >= 15 is 0 Å². The molecule has 1 N–H and O–H groups in total. The van der Waals surface area contributed by atoms with E-state index in [2.05, 4.69) is 0 Å². The van der Waals surface area contributed by atoms with Crippen molar-refractivity contribution in [1.82, 2.24) is 0 Å². The number of halogens is 2. The second-order valence-electron chi connectivity index (χ2n) is 3.96. The molecule has 0 unspecified atom stereocenters. The van der Waals surface area contributed by atoms with Crippen molar-refractivity contribution in [2.75, 3.05) is 0 Å². The highest BCUT2D eigenvalue weighted by atomic mass is 35.5. The van der Waals surface area contributed by atoms with E-state index in [4.69, 9.17) is 16.7 Å². The number of sulfone groups is 1. The lowest BCUT2D eigenvalue weighted by molar-refractivity contribution is 0.0691. The SMILES string of the molecule is O=C(O)c1cc(Cl)cc(S(=O)(=O)Cc2ccsc2)c1F. The van der Waals surface area contributed by atoms with E-state index in [0.717, 1.165) is 12.1 Å². The molecular formula is C12H8ClFO4S2. The third-order valence-corrected chi connectivity index (χ3v) is 5.14. The lowest BCUT2D eigenvalue weighted by Gasteiger charge is -2.08. The summed E-state index contributed by atoms with van der Waals surface area (Å²) in [7, 11) is -4.01. The Hall–Kier alpha value is -1.44. The minimum atomic E-state index is -4.01. The maximum Gasteiger partial charge on any atom is 0.338 e. The van der Waals surface area contributed by atoms with Crippen LogP contribution in [0.25, 0.3) is 0 Å². The summed E-state index contributed by atoms with van der Waals surface area (Å²) in [4.78, 5) is 10.2. The Balaban J connectivity index is 2.54. The van der Waals surface area contributed by atoms with Crippen LogP contribution < -0.4 is 0 Å². The third kappa shape index (κ3) is 3.00. The van der Waals surface area contributed by atoms with Gasteiger partial charge in [0.2, 0.25) is 0 Å². The van der Waals surface area contributed by atoms with E-state index in [9.17, 15) is 17.6 Å². The quantitative estimate of drug-likeness (QED) is 0.932. The molecule has 0 amide bonds. The van der Waals surface area contributed by atoms with Gasteiger partial charge in [0.1, 0.15) is 4.90 Å². The molecule has 0 spiro atoms. The lowest BCUT2D eigenvalue weighted by Crippen LogP contribution is -2.11. The fourth-order valence-corrected chi connectivity index (χ4v) is 4.14. The first-order valence-electron chi connectivity index (χ1n) is 5.27. The van der Waals surface area contributed by atoms with Gasteiger partial charge in [-0.2, -0.15) is 11.3 Å². The van der Waals surface area contributed by atoms with Crippen LogP contribution in [0.2, 0.25) is 5.02 Å². The Bertz CT molecular complexity index is 754. The van der Waals surface area contributed by atoms with Gasteiger partial charge in [0, 0.05) is 5.02 Å². The van der Waals surface area contributed by atoms with Crippen molar-refractivity contribution >= 4 is 38.7 Å². The van der Waals surface area contributed by atoms with Gasteiger partial charge in [0.05, 0.1) is 11.3 Å². The van der Waals surface area contributed by atoms with Crippen molar-refractivity contribution in [3.8, 4) is 0 Å². The topological polar surface area (TPSA) is 71.4 Å². The first-order valence-corrected chi connectivity index (χ1v) is 8.25. The molecule has 0 atom stereocenters. The molecule has 0 saturated carbocycles. The normalized spacial score (nSPS) is 11.5. The van der Waals surface area contributed by atoms with Gasteiger partial charge in [-0.25, -0.2) is 17.6 Å². The fraction of sp³-hybridized carbons (Fsp3) is 0.0833. The molecule has 1 aromatic carbocycles. The van der Waals surface area contributed by atoms with Crippen LogP contribution in [0.4, 0.5) is 4.39 Å². The van der Waals surface area contributed by atoms with Gasteiger partial charge in [-0.15, -0.1) is 0 Å². The van der Waals surface area contributed by atoms with Gasteiger partial charge >= 0.3 is 5.97 Å². The van der Waals surface area contributed by atoms with Crippen LogP contribution >= 0.6 is 22.9 Å². The maximum atomic E-state index is 14.0. The summed E-state index contributed by atoms with van der Waals surface area (Å²) >= 11 is 6.97. The first-order chi connectivity index (χ1) is 9.31. The van der Waals surface area contributed by atoms with Crippen molar-refractivity contribution in [3.05, 3.63) is 50.9 Å². The second-order valence-corrected chi connectivity index (χ2v) is 7.14. The zero-order valence-corrected chi connectivity index (χ0v) is 12.2. The monoisotopic (exact) mass is 334 g/mol. The van der Waals surface area contributed by atoms with Gasteiger partial charge < -0.3 is 5.11 Å². The van der Waals surface area contributed by atoms with Crippen LogP contribution in [0.15, 0.2) is 33.9 Å². The zero-order chi connectivity index (χ0) is 14.9. The van der Waals surface area contributed by atoms with Gasteiger partial charge in [0.25, 0.3) is 0 Å². The van der Waals surface area contributed by atoms with Crippen molar-refractivity contribution in [3.63, 3.8) is 0 Å². The summed E-state index contributed by atoms with van der Waals surface area (Å²) in [6.07, 6.45) is 0. The average Bonchev–Trinajstić information content (AvgIpc) is 2.83. The number of rotatable bonds is 4. The van der Waals surface area contributed by atoms with Gasteiger partial charge in [-0.05, 0) is 34.5 Å². The van der Waals surface area contributed by atoms with Crippen molar-refractivity contribution in [1.29, 1.82) is 0 Å². The highest BCUT2D eigenvalue weighted by molar-refractivity contribution is 7.90. The smallest absolute Gasteiger partial charge is 0.338 e. The summed E-state index contributed by atoms with van der Waals surface area (Å²) in [6.45, 7) is 0. The zero-order valence-electron chi connectivity index (χ0n) is 9.84. The van der Waals surface area contributed by atoms with Gasteiger partial charge in [-0.1, -0.05) is 11.6 Å². The molecular weight excluding hydrogens is 327 g/mol. The average molecular weight is 335 g/mol. The number of benzene rings is 1. The van der Waals surface area contributed by atoms with Crippen molar-refractivity contribution in [2.45, 2.75) is 10.6 Å². The summed E-state index contributed by atoms with van der Waals surface area (Å²) in [5.74, 6) is -3.28. The summed E-state index contributed by atoms with van der Waals surface area (Å²) < 4.78 is 38.3. The first kappa shape index (κ1) is 15.0. The molecule has 0 saturated heterocycles. The minimum Gasteiger partial charge on any atom is -0.478 e. The number of hydrogen-bond acceptors (Lipinski definition) is 4. The Kier molecular flexibility index (Phi) is 4.12. The number of carboxylic acids is 1. The standard InChI is InChI=1S/C12H8ClFO4S2/c13-8-3-9(12(15)16)11(14)10(4-8)20(17,18)6-7-1-2-19-5-7/h1-5H,6H2,(H,15,16). The Morgan fingerprint density at radius 2 is 2.10 bits per heavy atom. The van der Waals surface area contributed by atoms with Crippen LogP contribution in [0, 0.1) is 5.82 Å². The molecule has 4 nitrogen and oxygen atoms in total. The largest absolute Gasteiger partial charge is 0.478 e. The van der Waals surface area contributed by atoms with Crippen LogP contribution in [-0.4, -0.2) is 19.5 Å². The van der Waals surface area contributed by atoms with E-state index in [1.807, 2.05) is 0 Å². The lowest BCUT2D eigenvalue weighted by atomic mass is 10.2. The summed E-state index contributed by atoms with van der Waals surface area (Å²) in [5, 5.41) is 12.0. The van der Waals surface area contributed by atoms with Crippen LogP contribution in [-0.2, 0) is 15.6 Å². The molecule has 2 rings (SSSR count).